The maximum atomic E-state index is 4.30. The number of rotatable bonds is 10. The van der Waals surface area contributed by atoms with Crippen molar-refractivity contribution in [2.45, 2.75) is 35.7 Å². The molecule has 0 saturated carbocycles. The molecular weight excluding hydrogens is 496 g/mol. The van der Waals surface area contributed by atoms with Gasteiger partial charge in [-0.3, -0.25) is 0 Å². The first kappa shape index (κ1) is 25.0. The largest absolute Gasteiger partial charge is 0.333 e. The molecule has 0 atom stereocenters. The predicted octanol–water partition coefficient (Wildman–Crippen LogP) is 7.51. The summed E-state index contributed by atoms with van der Waals surface area (Å²) in [7, 11) is 0. The van der Waals surface area contributed by atoms with Crippen LogP contribution in [0, 0.1) is 0 Å². The lowest BCUT2D eigenvalue weighted by Gasteiger charge is -2.19. The van der Waals surface area contributed by atoms with Crippen molar-refractivity contribution < 1.29 is 0 Å². The van der Waals surface area contributed by atoms with E-state index in [-0.39, 0.29) is 0 Å². The predicted molar refractivity (Wildman–Crippen MR) is 158 cm³/mol. The molecule has 0 aliphatic carbocycles. The fraction of sp³-hybridized carbons (Fsp3) is 0.118. The summed E-state index contributed by atoms with van der Waals surface area (Å²) in [6, 6.07) is 34.9. The molecule has 0 aliphatic rings. The van der Waals surface area contributed by atoms with Crippen LogP contribution in [0.3, 0.4) is 0 Å². The monoisotopic (exact) mass is 526 g/mol. The molecule has 0 spiro atoms. The molecule has 4 aromatic carbocycles. The van der Waals surface area contributed by atoms with Gasteiger partial charge in [-0.05, 0) is 58.4 Å². The Labute approximate surface area is 234 Å². The molecule has 5 heteroatoms. The first-order valence-corrected chi connectivity index (χ1v) is 14.0. The van der Waals surface area contributed by atoms with Crippen LogP contribution < -0.4 is 0 Å². The Morgan fingerprint density at radius 1 is 0.513 bits per heavy atom. The summed E-state index contributed by atoms with van der Waals surface area (Å²) in [6.45, 7) is 1.57. The zero-order valence-corrected chi connectivity index (χ0v) is 22.5. The summed E-state index contributed by atoms with van der Waals surface area (Å²) in [5.41, 5.74) is 8.00. The van der Waals surface area contributed by atoms with Gasteiger partial charge in [-0.25, -0.2) is 9.97 Å². The van der Waals surface area contributed by atoms with E-state index in [1.54, 1.807) is 0 Å². The molecule has 0 amide bonds. The molecule has 0 radical (unpaired) electrons. The van der Waals surface area contributed by atoms with Gasteiger partial charge < -0.3 is 9.13 Å². The number of nitrogens with zero attached hydrogens (tertiary/aromatic N) is 4. The maximum Gasteiger partial charge on any atom is 0.0949 e. The Balaban J connectivity index is 1.40. The zero-order valence-electron chi connectivity index (χ0n) is 21.7. The number of hydrogen-bond donors (Lipinski definition) is 0. The third-order valence-corrected chi connectivity index (χ3v) is 8.16. The van der Waals surface area contributed by atoms with E-state index in [2.05, 4.69) is 116 Å². The summed E-state index contributed by atoms with van der Waals surface area (Å²) >= 11 is 1.87. The summed E-state index contributed by atoms with van der Waals surface area (Å²) in [5.74, 6) is 0. The van der Waals surface area contributed by atoms with Gasteiger partial charge in [0.15, 0.2) is 0 Å². The Hall–Kier alpha value is -4.35. The summed E-state index contributed by atoms with van der Waals surface area (Å²) in [4.78, 5) is 11.2. The molecule has 2 heterocycles. The molecule has 6 aromatic rings. The van der Waals surface area contributed by atoms with Crippen molar-refractivity contribution in [1.29, 1.82) is 0 Å². The van der Waals surface area contributed by atoms with Gasteiger partial charge in [0.25, 0.3) is 0 Å². The van der Waals surface area contributed by atoms with Crippen LogP contribution in [0.1, 0.15) is 33.4 Å². The van der Waals surface area contributed by atoms with E-state index in [4.69, 9.17) is 0 Å². The van der Waals surface area contributed by atoms with Crippen LogP contribution in [0.15, 0.2) is 144 Å². The average molecular weight is 527 g/mol. The van der Waals surface area contributed by atoms with Crippen LogP contribution in [0.5, 0.6) is 0 Å². The highest BCUT2D eigenvalue weighted by Gasteiger charge is 2.16. The lowest BCUT2D eigenvalue weighted by Crippen LogP contribution is -2.06. The lowest BCUT2D eigenvalue weighted by molar-refractivity contribution is 0.770. The Morgan fingerprint density at radius 3 is 1.38 bits per heavy atom. The molecule has 2 aromatic heterocycles. The SMILES string of the molecule is c1ccc(Cc2cccc(Sc3cccc(Cc4ccccc4)c3Cn3ccnc3)c2Cn2ccnc2)cc1. The van der Waals surface area contributed by atoms with Crippen molar-refractivity contribution in [1.82, 2.24) is 19.1 Å². The second-order valence-corrected chi connectivity index (χ2v) is 10.8. The Morgan fingerprint density at radius 2 is 0.974 bits per heavy atom. The number of imidazole rings is 2. The van der Waals surface area contributed by atoms with Crippen LogP contribution in [0.2, 0.25) is 0 Å². The molecule has 0 saturated heterocycles. The lowest BCUT2D eigenvalue weighted by atomic mass is 9.99. The van der Waals surface area contributed by atoms with E-state index in [0.717, 1.165) is 25.9 Å². The fourth-order valence-corrected chi connectivity index (χ4v) is 6.15. The van der Waals surface area contributed by atoms with Crippen LogP contribution in [-0.4, -0.2) is 19.1 Å². The Kier molecular flexibility index (Phi) is 7.69. The molecule has 0 fully saturated rings. The smallest absolute Gasteiger partial charge is 0.0949 e. The second-order valence-electron chi connectivity index (χ2n) is 9.68. The third kappa shape index (κ3) is 6.21. The highest BCUT2D eigenvalue weighted by Crippen LogP contribution is 2.37. The topological polar surface area (TPSA) is 35.6 Å². The second kappa shape index (κ2) is 12.0. The van der Waals surface area contributed by atoms with E-state index in [1.807, 2.05) is 49.2 Å². The van der Waals surface area contributed by atoms with Gasteiger partial charge in [0.05, 0.1) is 12.7 Å². The van der Waals surface area contributed by atoms with Crippen molar-refractivity contribution in [3.8, 4) is 0 Å². The van der Waals surface area contributed by atoms with Gasteiger partial charge >= 0.3 is 0 Å². The average Bonchev–Trinajstić information content (AvgIpc) is 3.68. The normalized spacial score (nSPS) is 11.1. The molecule has 0 bridgehead atoms. The molecule has 192 valence electrons. The van der Waals surface area contributed by atoms with Gasteiger partial charge in [0.1, 0.15) is 0 Å². The third-order valence-electron chi connectivity index (χ3n) is 6.95. The summed E-state index contributed by atoms with van der Waals surface area (Å²) < 4.78 is 4.32. The Bertz CT molecular complexity index is 1490. The maximum absolute atomic E-state index is 4.30. The molecule has 0 unspecified atom stereocenters. The van der Waals surface area contributed by atoms with Gasteiger partial charge in [-0.1, -0.05) is 96.7 Å². The van der Waals surface area contributed by atoms with Gasteiger partial charge in [-0.2, -0.15) is 0 Å². The first-order chi connectivity index (χ1) is 19.3. The zero-order chi connectivity index (χ0) is 26.3. The molecule has 39 heavy (non-hydrogen) atoms. The minimum absolute atomic E-state index is 0.784. The summed E-state index contributed by atoms with van der Waals surface area (Å²) in [6.07, 6.45) is 13.4. The van der Waals surface area contributed by atoms with E-state index in [9.17, 15) is 0 Å². The van der Waals surface area contributed by atoms with Gasteiger partial charge in [0, 0.05) is 47.7 Å². The van der Waals surface area contributed by atoms with E-state index < -0.39 is 0 Å². The molecule has 0 aliphatic heterocycles. The van der Waals surface area contributed by atoms with Crippen molar-refractivity contribution in [3.05, 3.63) is 168 Å². The van der Waals surface area contributed by atoms with E-state index in [1.165, 1.54) is 43.2 Å². The van der Waals surface area contributed by atoms with Crippen LogP contribution in [-0.2, 0) is 25.9 Å². The van der Waals surface area contributed by atoms with E-state index >= 15 is 0 Å². The standard InChI is InChI=1S/C34H30N4S/c1-3-9-27(10-4-1)21-29-13-7-15-33(31(29)23-37-19-17-35-25-37)39-34-16-8-14-30(22-28-11-5-2-6-12-28)32(34)24-38-20-18-36-26-38/h1-20,25-26H,21-24H2. The minimum Gasteiger partial charge on any atom is -0.333 e. The number of aromatic nitrogens is 4. The molecule has 0 N–H and O–H groups in total. The van der Waals surface area contributed by atoms with E-state index in [0.29, 0.717) is 0 Å². The van der Waals surface area contributed by atoms with Crippen LogP contribution in [0.25, 0.3) is 0 Å². The first-order valence-electron chi connectivity index (χ1n) is 13.2. The van der Waals surface area contributed by atoms with Gasteiger partial charge in [-0.15, -0.1) is 0 Å². The minimum atomic E-state index is 0.784. The van der Waals surface area contributed by atoms with Crippen molar-refractivity contribution in [2.24, 2.45) is 0 Å². The molecule has 6 rings (SSSR count). The molecule has 4 nitrogen and oxygen atoms in total. The number of hydrogen-bond acceptors (Lipinski definition) is 3. The van der Waals surface area contributed by atoms with Crippen molar-refractivity contribution in [2.75, 3.05) is 0 Å². The highest BCUT2D eigenvalue weighted by molar-refractivity contribution is 7.99. The van der Waals surface area contributed by atoms with Crippen molar-refractivity contribution in [3.63, 3.8) is 0 Å². The fourth-order valence-electron chi connectivity index (χ4n) is 4.98. The number of benzene rings is 4. The van der Waals surface area contributed by atoms with Crippen LogP contribution in [0.4, 0.5) is 0 Å². The summed E-state index contributed by atoms with van der Waals surface area (Å²) in [5, 5.41) is 0. The highest BCUT2D eigenvalue weighted by atomic mass is 32.2. The molecular formula is C34H30N4S. The van der Waals surface area contributed by atoms with Gasteiger partial charge in [0.2, 0.25) is 0 Å². The van der Waals surface area contributed by atoms with Crippen LogP contribution >= 0.6 is 11.8 Å². The quantitative estimate of drug-likeness (QED) is 0.185. The van der Waals surface area contributed by atoms with Crippen molar-refractivity contribution >= 4 is 11.8 Å².